The normalized spacial score (nSPS) is 10.2. The molecule has 0 unspecified atom stereocenters. The number of aromatic nitrogens is 1. The maximum atomic E-state index is 9.20. The van der Waals surface area contributed by atoms with Gasteiger partial charge in [0.1, 0.15) is 17.8 Å². The summed E-state index contributed by atoms with van der Waals surface area (Å²) in [7, 11) is 0. The van der Waals surface area contributed by atoms with Crippen LogP contribution in [0.2, 0.25) is 0 Å². The minimum atomic E-state index is 0.177. The Balaban J connectivity index is 1.99. The molecule has 2 rings (SSSR count). The zero-order chi connectivity index (χ0) is 10.7. The Hall–Kier alpha value is -1.97. The molecule has 1 N–H and O–H groups in total. The third-order valence-corrected chi connectivity index (χ3v) is 1.85. The van der Waals surface area contributed by atoms with Gasteiger partial charge in [0.2, 0.25) is 5.89 Å². The average molecular weight is 205 g/mol. The largest absolute Gasteiger partial charge is 0.508 e. The maximum absolute atomic E-state index is 9.20. The number of ether oxygens (including phenoxy) is 1. The molecular weight excluding hydrogens is 194 g/mol. The highest BCUT2D eigenvalue weighted by Gasteiger charge is 2.01. The molecule has 0 fully saturated rings. The quantitative estimate of drug-likeness (QED) is 0.835. The molecule has 1 heterocycles. The molecule has 0 saturated heterocycles. The van der Waals surface area contributed by atoms with Gasteiger partial charge in [-0.1, -0.05) is 6.07 Å². The van der Waals surface area contributed by atoms with Crippen molar-refractivity contribution in [3.05, 3.63) is 42.1 Å². The number of phenolic OH excluding ortho intramolecular Hbond substituents is 1. The monoisotopic (exact) mass is 205 g/mol. The van der Waals surface area contributed by atoms with Crippen LogP contribution in [0.5, 0.6) is 11.5 Å². The summed E-state index contributed by atoms with van der Waals surface area (Å²) in [6.07, 6.45) is 1.57. The van der Waals surface area contributed by atoms with Crippen LogP contribution in [0.3, 0.4) is 0 Å². The van der Waals surface area contributed by atoms with E-state index in [4.69, 9.17) is 9.15 Å². The lowest BCUT2D eigenvalue weighted by Gasteiger charge is -2.02. The number of hydrogen-bond donors (Lipinski definition) is 1. The second kappa shape index (κ2) is 4.04. The second-order valence-corrected chi connectivity index (χ2v) is 3.17. The summed E-state index contributed by atoms with van der Waals surface area (Å²) in [4.78, 5) is 4.09. The number of phenols is 1. The van der Waals surface area contributed by atoms with Gasteiger partial charge in [-0.05, 0) is 19.1 Å². The molecule has 78 valence electrons. The van der Waals surface area contributed by atoms with E-state index >= 15 is 0 Å². The Bertz CT molecular complexity index is 451. The fourth-order valence-corrected chi connectivity index (χ4v) is 1.19. The van der Waals surface area contributed by atoms with Crippen LogP contribution in [-0.2, 0) is 6.61 Å². The van der Waals surface area contributed by atoms with Gasteiger partial charge >= 0.3 is 0 Å². The number of benzene rings is 1. The van der Waals surface area contributed by atoms with Crippen LogP contribution in [0.1, 0.15) is 11.6 Å². The Kier molecular flexibility index (Phi) is 2.58. The van der Waals surface area contributed by atoms with E-state index in [2.05, 4.69) is 4.98 Å². The first-order valence-electron chi connectivity index (χ1n) is 4.57. The van der Waals surface area contributed by atoms with Crippen molar-refractivity contribution in [2.24, 2.45) is 0 Å². The third kappa shape index (κ3) is 2.49. The first-order valence-corrected chi connectivity index (χ1v) is 4.57. The summed E-state index contributed by atoms with van der Waals surface area (Å²) >= 11 is 0. The van der Waals surface area contributed by atoms with Gasteiger partial charge in [-0.3, -0.25) is 0 Å². The number of oxazole rings is 1. The van der Waals surface area contributed by atoms with Crippen molar-refractivity contribution in [2.45, 2.75) is 13.5 Å². The highest BCUT2D eigenvalue weighted by atomic mass is 16.5. The first kappa shape index (κ1) is 9.58. The lowest BCUT2D eigenvalue weighted by molar-refractivity contribution is 0.262. The number of hydrogen-bond acceptors (Lipinski definition) is 4. The van der Waals surface area contributed by atoms with E-state index in [0.717, 1.165) is 5.69 Å². The predicted octanol–water partition coefficient (Wildman–Crippen LogP) is 2.27. The van der Waals surface area contributed by atoms with Crippen LogP contribution in [0.4, 0.5) is 0 Å². The Morgan fingerprint density at radius 3 is 3.00 bits per heavy atom. The maximum Gasteiger partial charge on any atom is 0.232 e. The smallest absolute Gasteiger partial charge is 0.232 e. The van der Waals surface area contributed by atoms with Gasteiger partial charge < -0.3 is 14.3 Å². The van der Waals surface area contributed by atoms with Gasteiger partial charge in [0, 0.05) is 6.07 Å². The third-order valence-electron chi connectivity index (χ3n) is 1.85. The van der Waals surface area contributed by atoms with E-state index < -0.39 is 0 Å². The molecule has 4 nitrogen and oxygen atoms in total. The summed E-state index contributed by atoms with van der Waals surface area (Å²) in [5.41, 5.74) is 0.824. The SMILES string of the molecule is Cc1coc(COc2cccc(O)c2)n1. The summed E-state index contributed by atoms with van der Waals surface area (Å²) in [6, 6.07) is 6.60. The lowest BCUT2D eigenvalue weighted by Crippen LogP contribution is -1.95. The van der Waals surface area contributed by atoms with Crippen molar-refractivity contribution in [1.82, 2.24) is 4.98 Å². The van der Waals surface area contributed by atoms with Gasteiger partial charge in [-0.25, -0.2) is 4.98 Å². The molecule has 4 heteroatoms. The Morgan fingerprint density at radius 1 is 1.47 bits per heavy atom. The van der Waals surface area contributed by atoms with Gasteiger partial charge in [0.15, 0.2) is 6.61 Å². The van der Waals surface area contributed by atoms with E-state index in [1.54, 1.807) is 24.5 Å². The summed E-state index contributed by atoms with van der Waals surface area (Å²) in [6.45, 7) is 2.11. The lowest BCUT2D eigenvalue weighted by atomic mass is 10.3. The molecule has 0 spiro atoms. The molecule has 0 atom stereocenters. The van der Waals surface area contributed by atoms with Crippen molar-refractivity contribution in [2.75, 3.05) is 0 Å². The highest BCUT2D eigenvalue weighted by molar-refractivity contribution is 5.31. The molecular formula is C11H11NO3. The molecule has 1 aromatic carbocycles. The van der Waals surface area contributed by atoms with Crippen molar-refractivity contribution >= 4 is 0 Å². The fraction of sp³-hybridized carbons (Fsp3) is 0.182. The summed E-state index contributed by atoms with van der Waals surface area (Å²) in [5.74, 6) is 1.29. The summed E-state index contributed by atoms with van der Waals surface area (Å²) in [5, 5.41) is 9.20. The summed E-state index contributed by atoms with van der Waals surface area (Å²) < 4.78 is 10.5. The molecule has 0 saturated carbocycles. The number of aromatic hydroxyl groups is 1. The standard InChI is InChI=1S/C11H11NO3/c1-8-6-15-11(12-8)7-14-10-4-2-3-9(13)5-10/h2-6,13H,7H2,1H3. The van der Waals surface area contributed by atoms with E-state index in [-0.39, 0.29) is 12.4 Å². The zero-order valence-corrected chi connectivity index (χ0v) is 8.30. The van der Waals surface area contributed by atoms with Crippen LogP contribution >= 0.6 is 0 Å². The minimum Gasteiger partial charge on any atom is -0.508 e. The van der Waals surface area contributed by atoms with E-state index in [1.807, 2.05) is 6.92 Å². The molecule has 2 aromatic rings. The Labute approximate surface area is 87.1 Å². The van der Waals surface area contributed by atoms with Crippen molar-refractivity contribution in [1.29, 1.82) is 0 Å². The molecule has 1 aromatic heterocycles. The average Bonchev–Trinajstić information content (AvgIpc) is 2.62. The molecule has 0 radical (unpaired) electrons. The van der Waals surface area contributed by atoms with Gasteiger partial charge in [-0.15, -0.1) is 0 Å². The van der Waals surface area contributed by atoms with Crippen LogP contribution in [0, 0.1) is 6.92 Å². The predicted molar refractivity (Wildman–Crippen MR) is 53.7 cm³/mol. The molecule has 15 heavy (non-hydrogen) atoms. The topological polar surface area (TPSA) is 55.5 Å². The number of aryl methyl sites for hydroxylation is 1. The Morgan fingerprint density at radius 2 is 2.33 bits per heavy atom. The van der Waals surface area contributed by atoms with Crippen LogP contribution < -0.4 is 4.74 Å². The second-order valence-electron chi connectivity index (χ2n) is 3.17. The van der Waals surface area contributed by atoms with Gasteiger partial charge in [0.05, 0.1) is 5.69 Å². The zero-order valence-electron chi connectivity index (χ0n) is 8.30. The minimum absolute atomic E-state index is 0.177. The number of nitrogens with zero attached hydrogens (tertiary/aromatic N) is 1. The number of rotatable bonds is 3. The van der Waals surface area contributed by atoms with Crippen LogP contribution in [0.15, 0.2) is 34.9 Å². The molecule has 0 aliphatic heterocycles. The fourth-order valence-electron chi connectivity index (χ4n) is 1.19. The van der Waals surface area contributed by atoms with Gasteiger partial charge in [0.25, 0.3) is 0 Å². The van der Waals surface area contributed by atoms with Crippen molar-refractivity contribution < 1.29 is 14.3 Å². The van der Waals surface area contributed by atoms with E-state index in [1.165, 1.54) is 6.07 Å². The van der Waals surface area contributed by atoms with Gasteiger partial charge in [-0.2, -0.15) is 0 Å². The molecule has 0 amide bonds. The van der Waals surface area contributed by atoms with Crippen molar-refractivity contribution in [3.63, 3.8) is 0 Å². The first-order chi connectivity index (χ1) is 7.24. The van der Waals surface area contributed by atoms with E-state index in [0.29, 0.717) is 11.6 Å². The highest BCUT2D eigenvalue weighted by Crippen LogP contribution is 2.18. The molecule has 0 aliphatic carbocycles. The van der Waals surface area contributed by atoms with Crippen LogP contribution in [-0.4, -0.2) is 10.1 Å². The molecule has 0 aliphatic rings. The van der Waals surface area contributed by atoms with Crippen molar-refractivity contribution in [3.8, 4) is 11.5 Å². The van der Waals surface area contributed by atoms with Crippen LogP contribution in [0.25, 0.3) is 0 Å². The molecule has 0 bridgehead atoms. The van der Waals surface area contributed by atoms with E-state index in [9.17, 15) is 5.11 Å².